The van der Waals surface area contributed by atoms with E-state index in [1.807, 2.05) is 42.5 Å². The van der Waals surface area contributed by atoms with Crippen molar-refractivity contribution in [3.8, 4) is 17.0 Å². The van der Waals surface area contributed by atoms with Crippen LogP contribution in [-0.4, -0.2) is 51.6 Å². The number of carbonyl (C=O) groups excluding carboxylic acids is 1. The van der Waals surface area contributed by atoms with Crippen molar-refractivity contribution in [2.45, 2.75) is 51.6 Å². The maximum absolute atomic E-state index is 13.6. The Balaban J connectivity index is 1.38. The summed E-state index contributed by atoms with van der Waals surface area (Å²) in [6.07, 6.45) is 1.84. The highest BCUT2D eigenvalue weighted by Crippen LogP contribution is 2.27. The number of methoxy groups -OCH3 is 1. The third-order valence-corrected chi connectivity index (χ3v) is 6.97. The minimum Gasteiger partial charge on any atom is -0.497 e. The highest BCUT2D eigenvalue weighted by atomic mass is 16.5. The maximum Gasteiger partial charge on any atom is 0.270 e. The van der Waals surface area contributed by atoms with Crippen LogP contribution in [0.3, 0.4) is 0 Å². The largest absolute Gasteiger partial charge is 0.497 e. The van der Waals surface area contributed by atoms with E-state index < -0.39 is 0 Å². The van der Waals surface area contributed by atoms with E-state index in [0.29, 0.717) is 11.3 Å². The van der Waals surface area contributed by atoms with Gasteiger partial charge in [-0.2, -0.15) is 5.10 Å². The number of hydrogen-bond acceptors (Lipinski definition) is 5. The summed E-state index contributed by atoms with van der Waals surface area (Å²) in [5.41, 5.74) is 4.81. The number of benzene rings is 2. The Morgan fingerprint density at radius 3 is 2.49 bits per heavy atom. The summed E-state index contributed by atoms with van der Waals surface area (Å²) in [5.74, 6) is 0.623. The lowest BCUT2D eigenvalue weighted by Gasteiger charge is -2.32. The van der Waals surface area contributed by atoms with Crippen molar-refractivity contribution in [1.82, 2.24) is 24.8 Å². The smallest absolute Gasteiger partial charge is 0.270 e. The van der Waals surface area contributed by atoms with Crippen LogP contribution in [0.1, 0.15) is 55.4 Å². The molecule has 0 spiro atoms. The van der Waals surface area contributed by atoms with Gasteiger partial charge in [-0.15, -0.1) is 0 Å². The summed E-state index contributed by atoms with van der Waals surface area (Å²) in [5, 5.41) is 8.07. The third kappa shape index (κ3) is 5.67. The number of aromatic nitrogens is 3. The average Bonchev–Trinajstić information content (AvgIpc) is 3.35. The van der Waals surface area contributed by atoms with E-state index in [0.717, 1.165) is 55.2 Å². The number of piperidine rings is 1. The van der Waals surface area contributed by atoms with Crippen molar-refractivity contribution in [2.75, 3.05) is 20.2 Å². The second-order valence-electron chi connectivity index (χ2n) is 10.8. The quantitative estimate of drug-likeness (QED) is 0.401. The van der Waals surface area contributed by atoms with E-state index in [1.54, 1.807) is 11.6 Å². The zero-order valence-corrected chi connectivity index (χ0v) is 22.1. The fourth-order valence-electron chi connectivity index (χ4n) is 4.77. The lowest BCUT2D eigenvalue weighted by atomic mass is 9.93. The van der Waals surface area contributed by atoms with Crippen LogP contribution >= 0.6 is 0 Å². The highest BCUT2D eigenvalue weighted by Gasteiger charge is 2.25. The molecule has 5 rings (SSSR count). The first kappa shape index (κ1) is 25.0. The first-order chi connectivity index (χ1) is 17.8. The molecule has 7 heteroatoms. The predicted molar refractivity (Wildman–Crippen MR) is 146 cm³/mol. The standard InChI is InChI=1S/C30H35N5O2/c1-30(2,3)27-19-28-32-25(22-11-8-12-24(17-22)37-4)18-26(35(28)33-27)29(36)31-23-13-15-34(16-14-23)20-21-9-6-5-7-10-21/h5-12,17-19,23H,13-16,20H2,1-4H3,(H,31,36). The Labute approximate surface area is 218 Å². The number of hydrogen-bond donors (Lipinski definition) is 1. The number of amides is 1. The van der Waals surface area contributed by atoms with Gasteiger partial charge in [0.25, 0.3) is 5.91 Å². The average molecular weight is 498 g/mol. The molecular formula is C30H35N5O2. The number of nitrogens with zero attached hydrogens (tertiary/aromatic N) is 4. The van der Waals surface area contributed by atoms with Crippen LogP contribution < -0.4 is 10.1 Å². The van der Waals surface area contributed by atoms with Crippen molar-refractivity contribution >= 4 is 11.6 Å². The molecule has 0 atom stereocenters. The molecule has 192 valence electrons. The molecule has 1 amide bonds. The summed E-state index contributed by atoms with van der Waals surface area (Å²) in [4.78, 5) is 20.9. The molecule has 0 unspecified atom stereocenters. The Morgan fingerprint density at radius 1 is 1.03 bits per heavy atom. The van der Waals surface area contributed by atoms with E-state index in [4.69, 9.17) is 14.8 Å². The van der Waals surface area contributed by atoms with Gasteiger partial charge in [0.2, 0.25) is 0 Å². The lowest BCUT2D eigenvalue weighted by molar-refractivity contribution is 0.0901. The van der Waals surface area contributed by atoms with Gasteiger partial charge in [-0.05, 0) is 36.6 Å². The zero-order chi connectivity index (χ0) is 26.0. The number of fused-ring (bicyclic) bond motifs is 1. The molecule has 7 nitrogen and oxygen atoms in total. The van der Waals surface area contributed by atoms with E-state index in [9.17, 15) is 4.79 Å². The van der Waals surface area contributed by atoms with Crippen molar-refractivity contribution in [3.63, 3.8) is 0 Å². The molecule has 1 aliphatic heterocycles. The van der Waals surface area contributed by atoms with Crippen LogP contribution in [0, 0.1) is 0 Å². The molecule has 2 aromatic heterocycles. The SMILES string of the molecule is COc1cccc(-c2cc(C(=O)NC3CCN(Cc4ccccc4)CC3)n3nc(C(C)(C)C)cc3n2)c1. The van der Waals surface area contributed by atoms with Gasteiger partial charge < -0.3 is 10.1 Å². The topological polar surface area (TPSA) is 71.8 Å². The second-order valence-corrected chi connectivity index (χ2v) is 10.8. The number of rotatable bonds is 6. The Bertz CT molecular complexity index is 1380. The molecule has 37 heavy (non-hydrogen) atoms. The maximum atomic E-state index is 13.6. The monoisotopic (exact) mass is 497 g/mol. The van der Waals surface area contributed by atoms with Gasteiger partial charge in [0.05, 0.1) is 18.5 Å². The molecular weight excluding hydrogens is 462 g/mol. The molecule has 0 bridgehead atoms. The first-order valence-electron chi connectivity index (χ1n) is 12.9. The van der Waals surface area contributed by atoms with E-state index in [-0.39, 0.29) is 17.4 Å². The number of nitrogens with one attached hydrogen (secondary N) is 1. The van der Waals surface area contributed by atoms with Crippen LogP contribution in [0.25, 0.3) is 16.9 Å². The van der Waals surface area contributed by atoms with Crippen molar-refractivity contribution in [1.29, 1.82) is 0 Å². The van der Waals surface area contributed by atoms with Crippen molar-refractivity contribution in [2.24, 2.45) is 0 Å². The van der Waals surface area contributed by atoms with Gasteiger partial charge in [0, 0.05) is 42.7 Å². The van der Waals surface area contributed by atoms with Gasteiger partial charge in [-0.1, -0.05) is 63.2 Å². The van der Waals surface area contributed by atoms with Crippen LogP contribution in [0.5, 0.6) is 5.75 Å². The molecule has 1 fully saturated rings. The fourth-order valence-corrected chi connectivity index (χ4v) is 4.77. The molecule has 0 radical (unpaired) electrons. The molecule has 1 aliphatic rings. The molecule has 1 saturated heterocycles. The summed E-state index contributed by atoms with van der Waals surface area (Å²) in [6, 6.07) is 22.2. The van der Waals surface area contributed by atoms with Gasteiger partial charge in [-0.3, -0.25) is 9.69 Å². The van der Waals surface area contributed by atoms with E-state index in [2.05, 4.69) is 55.3 Å². The molecule has 4 aromatic rings. The minimum atomic E-state index is -0.164. The van der Waals surface area contributed by atoms with Gasteiger partial charge in [0.1, 0.15) is 11.4 Å². The fraction of sp³-hybridized carbons (Fsp3) is 0.367. The summed E-state index contributed by atoms with van der Waals surface area (Å²) in [6.45, 7) is 9.19. The van der Waals surface area contributed by atoms with E-state index in [1.165, 1.54) is 5.56 Å². The molecule has 2 aromatic carbocycles. The van der Waals surface area contributed by atoms with Crippen LogP contribution in [0.4, 0.5) is 0 Å². The highest BCUT2D eigenvalue weighted by molar-refractivity contribution is 5.94. The van der Waals surface area contributed by atoms with Crippen LogP contribution in [0.15, 0.2) is 66.7 Å². The molecule has 3 heterocycles. The van der Waals surface area contributed by atoms with Gasteiger partial charge in [0.15, 0.2) is 5.65 Å². The predicted octanol–water partition coefficient (Wildman–Crippen LogP) is 5.10. The summed E-state index contributed by atoms with van der Waals surface area (Å²) >= 11 is 0. The van der Waals surface area contributed by atoms with Crippen LogP contribution in [0.2, 0.25) is 0 Å². The first-order valence-corrected chi connectivity index (χ1v) is 12.9. The number of likely N-dealkylation sites (tertiary alicyclic amines) is 1. The summed E-state index contributed by atoms with van der Waals surface area (Å²) < 4.78 is 7.09. The van der Waals surface area contributed by atoms with Crippen molar-refractivity contribution in [3.05, 3.63) is 83.7 Å². The lowest BCUT2D eigenvalue weighted by Crippen LogP contribution is -2.44. The molecule has 1 N–H and O–H groups in total. The number of carbonyl (C=O) groups is 1. The Morgan fingerprint density at radius 2 is 1.78 bits per heavy atom. The minimum absolute atomic E-state index is 0.124. The Hall–Kier alpha value is -3.71. The third-order valence-electron chi connectivity index (χ3n) is 6.97. The van der Waals surface area contributed by atoms with E-state index >= 15 is 0 Å². The van der Waals surface area contributed by atoms with Crippen molar-refractivity contribution < 1.29 is 9.53 Å². The normalized spacial score (nSPS) is 15.1. The van der Waals surface area contributed by atoms with Crippen LogP contribution in [-0.2, 0) is 12.0 Å². The zero-order valence-electron chi connectivity index (χ0n) is 22.1. The summed E-state index contributed by atoms with van der Waals surface area (Å²) in [7, 11) is 1.65. The molecule has 0 saturated carbocycles. The van der Waals surface area contributed by atoms with Gasteiger partial charge in [-0.25, -0.2) is 9.50 Å². The second kappa shape index (κ2) is 10.3. The Kier molecular flexibility index (Phi) is 6.98. The molecule has 0 aliphatic carbocycles. The number of ether oxygens (including phenoxy) is 1. The van der Waals surface area contributed by atoms with Gasteiger partial charge >= 0.3 is 0 Å².